The summed E-state index contributed by atoms with van der Waals surface area (Å²) in [5.41, 5.74) is 4.68. The van der Waals surface area contributed by atoms with E-state index in [1.165, 1.54) is 0 Å². The number of sulfonamides is 1. The molecule has 0 aliphatic carbocycles. The normalized spacial score (nSPS) is 11.4. The van der Waals surface area contributed by atoms with Crippen LogP contribution in [0.4, 0.5) is 5.69 Å². The number of nitrogens with one attached hydrogen (secondary N) is 1. The Morgan fingerprint density at radius 3 is 2.31 bits per heavy atom. The zero-order valence-corrected chi connectivity index (χ0v) is 18.1. The molecule has 0 atom stereocenters. The fourth-order valence-electron chi connectivity index (χ4n) is 2.63. The number of pyridine rings is 1. The molecule has 0 saturated heterocycles. The lowest BCUT2D eigenvalue weighted by Crippen LogP contribution is -2.13. The van der Waals surface area contributed by atoms with E-state index >= 15 is 0 Å². The molecule has 0 spiro atoms. The van der Waals surface area contributed by atoms with Gasteiger partial charge < -0.3 is 0 Å². The first-order chi connectivity index (χ1) is 12.3. The minimum Gasteiger partial charge on any atom is -0.280 e. The van der Waals surface area contributed by atoms with Gasteiger partial charge in [0, 0.05) is 32.6 Å². The highest BCUT2D eigenvalue weighted by Gasteiger charge is 2.16. The van der Waals surface area contributed by atoms with Crippen LogP contribution in [-0.2, 0) is 10.0 Å². The van der Waals surface area contributed by atoms with Gasteiger partial charge in [-0.25, -0.2) is 8.42 Å². The standard InChI is InChI=1S/C19H16Br2N2O2S/c1-12-7-8-22-11-17(12)16-5-3-14(9-13(16)2)23-26(24,25)15-4-6-18(20)19(21)10-15/h3-11,23H,1-2H3. The van der Waals surface area contributed by atoms with E-state index in [4.69, 9.17) is 0 Å². The highest BCUT2D eigenvalue weighted by molar-refractivity contribution is 9.13. The van der Waals surface area contributed by atoms with E-state index < -0.39 is 10.0 Å². The highest BCUT2D eigenvalue weighted by Crippen LogP contribution is 2.30. The average molecular weight is 496 g/mol. The van der Waals surface area contributed by atoms with Crippen LogP contribution < -0.4 is 4.72 Å². The summed E-state index contributed by atoms with van der Waals surface area (Å²) in [6.07, 6.45) is 3.58. The van der Waals surface area contributed by atoms with Crippen molar-refractivity contribution in [2.24, 2.45) is 0 Å². The Morgan fingerprint density at radius 2 is 1.65 bits per heavy atom. The molecule has 4 nitrogen and oxygen atoms in total. The predicted molar refractivity (Wildman–Crippen MR) is 112 cm³/mol. The molecule has 3 rings (SSSR count). The zero-order valence-electron chi connectivity index (χ0n) is 14.1. The van der Waals surface area contributed by atoms with Gasteiger partial charge in [0.15, 0.2) is 0 Å². The predicted octanol–water partition coefficient (Wildman–Crippen LogP) is 5.69. The zero-order chi connectivity index (χ0) is 18.9. The number of aromatic nitrogens is 1. The van der Waals surface area contributed by atoms with Crippen molar-refractivity contribution < 1.29 is 8.42 Å². The van der Waals surface area contributed by atoms with Crippen LogP contribution in [0.15, 0.2) is 68.7 Å². The molecule has 1 heterocycles. The number of aryl methyl sites for hydroxylation is 2. The SMILES string of the molecule is Cc1cc(NS(=O)(=O)c2ccc(Br)c(Br)c2)ccc1-c1cnccc1C. The third kappa shape index (κ3) is 4.00. The molecule has 1 N–H and O–H groups in total. The smallest absolute Gasteiger partial charge is 0.261 e. The summed E-state index contributed by atoms with van der Waals surface area (Å²) in [5, 5.41) is 0. The molecule has 1 aromatic heterocycles. The Balaban J connectivity index is 1.92. The first-order valence-electron chi connectivity index (χ1n) is 7.77. The second kappa shape index (κ2) is 7.50. The third-order valence-corrected chi connectivity index (χ3v) is 7.27. The average Bonchev–Trinajstić information content (AvgIpc) is 2.58. The molecule has 2 aromatic carbocycles. The van der Waals surface area contributed by atoms with Crippen molar-refractivity contribution in [1.29, 1.82) is 0 Å². The first-order valence-corrected chi connectivity index (χ1v) is 10.8. The van der Waals surface area contributed by atoms with Gasteiger partial charge in [0.1, 0.15) is 0 Å². The summed E-state index contributed by atoms with van der Waals surface area (Å²) in [6, 6.07) is 12.3. The monoisotopic (exact) mass is 494 g/mol. The maximum atomic E-state index is 12.6. The van der Waals surface area contributed by atoms with E-state index in [1.807, 2.05) is 38.2 Å². The molecule has 0 radical (unpaired) electrons. The molecule has 26 heavy (non-hydrogen) atoms. The van der Waals surface area contributed by atoms with Crippen LogP contribution in [0.2, 0.25) is 0 Å². The van der Waals surface area contributed by atoms with Crippen LogP contribution in [0.5, 0.6) is 0 Å². The molecule has 0 fully saturated rings. The van der Waals surface area contributed by atoms with E-state index in [2.05, 4.69) is 41.6 Å². The molecule has 0 bridgehead atoms. The Kier molecular flexibility index (Phi) is 5.50. The minimum atomic E-state index is -3.67. The van der Waals surface area contributed by atoms with Crippen LogP contribution >= 0.6 is 31.9 Å². The summed E-state index contributed by atoms with van der Waals surface area (Å²) in [4.78, 5) is 4.37. The van der Waals surface area contributed by atoms with Crippen LogP contribution in [0, 0.1) is 13.8 Å². The molecule has 7 heteroatoms. The number of benzene rings is 2. The molecule has 0 saturated carbocycles. The number of nitrogens with zero attached hydrogens (tertiary/aromatic N) is 1. The van der Waals surface area contributed by atoms with Gasteiger partial charge in [-0.3, -0.25) is 9.71 Å². The fraction of sp³-hybridized carbons (Fsp3) is 0.105. The lowest BCUT2D eigenvalue weighted by Gasteiger charge is -2.13. The molecule has 3 aromatic rings. The van der Waals surface area contributed by atoms with E-state index in [0.717, 1.165) is 26.7 Å². The summed E-state index contributed by atoms with van der Waals surface area (Å²) in [7, 11) is -3.67. The van der Waals surface area contributed by atoms with Crippen molar-refractivity contribution >= 4 is 47.6 Å². The Bertz CT molecular complexity index is 1080. The molecule has 0 aliphatic heterocycles. The van der Waals surface area contributed by atoms with Gasteiger partial charge in [0.05, 0.1) is 4.90 Å². The Morgan fingerprint density at radius 1 is 0.885 bits per heavy atom. The maximum absolute atomic E-state index is 12.6. The lowest BCUT2D eigenvalue weighted by atomic mass is 9.98. The van der Waals surface area contributed by atoms with Crippen molar-refractivity contribution in [1.82, 2.24) is 4.98 Å². The van der Waals surface area contributed by atoms with E-state index in [9.17, 15) is 8.42 Å². The fourth-order valence-corrected chi connectivity index (χ4v) is 4.49. The molecular formula is C19H16Br2N2O2S. The second-order valence-corrected chi connectivity index (χ2v) is 9.29. The van der Waals surface area contributed by atoms with Gasteiger partial charge in [-0.1, -0.05) is 6.07 Å². The number of hydrogen-bond donors (Lipinski definition) is 1. The highest BCUT2D eigenvalue weighted by atomic mass is 79.9. The van der Waals surface area contributed by atoms with Crippen LogP contribution in [-0.4, -0.2) is 13.4 Å². The van der Waals surface area contributed by atoms with E-state index in [0.29, 0.717) is 10.2 Å². The van der Waals surface area contributed by atoms with E-state index in [1.54, 1.807) is 30.5 Å². The molecule has 0 unspecified atom stereocenters. The largest absolute Gasteiger partial charge is 0.280 e. The van der Waals surface area contributed by atoms with Gasteiger partial charge in [0.25, 0.3) is 10.0 Å². The van der Waals surface area contributed by atoms with Crippen molar-refractivity contribution in [2.45, 2.75) is 18.7 Å². The third-order valence-electron chi connectivity index (χ3n) is 4.01. The van der Waals surface area contributed by atoms with Gasteiger partial charge in [-0.05, 0) is 98.8 Å². The van der Waals surface area contributed by atoms with Gasteiger partial charge in [0.2, 0.25) is 0 Å². The van der Waals surface area contributed by atoms with Gasteiger partial charge in [-0.2, -0.15) is 0 Å². The second-order valence-electron chi connectivity index (χ2n) is 5.90. The van der Waals surface area contributed by atoms with Crippen molar-refractivity contribution in [2.75, 3.05) is 4.72 Å². The van der Waals surface area contributed by atoms with Gasteiger partial charge in [-0.15, -0.1) is 0 Å². The Labute approximate surface area is 170 Å². The number of anilines is 1. The molecule has 134 valence electrons. The van der Waals surface area contributed by atoms with E-state index in [-0.39, 0.29) is 4.90 Å². The molecule has 0 aliphatic rings. The summed E-state index contributed by atoms with van der Waals surface area (Å²) in [6.45, 7) is 3.98. The van der Waals surface area contributed by atoms with Crippen molar-refractivity contribution in [3.05, 3.63) is 74.9 Å². The van der Waals surface area contributed by atoms with Crippen LogP contribution in [0.1, 0.15) is 11.1 Å². The van der Waals surface area contributed by atoms with Crippen molar-refractivity contribution in [3.63, 3.8) is 0 Å². The van der Waals surface area contributed by atoms with Crippen LogP contribution in [0.3, 0.4) is 0 Å². The summed E-state index contributed by atoms with van der Waals surface area (Å²) >= 11 is 6.67. The number of halogens is 2. The number of rotatable bonds is 4. The van der Waals surface area contributed by atoms with Crippen molar-refractivity contribution in [3.8, 4) is 11.1 Å². The van der Waals surface area contributed by atoms with Crippen LogP contribution in [0.25, 0.3) is 11.1 Å². The lowest BCUT2D eigenvalue weighted by molar-refractivity contribution is 0.601. The topological polar surface area (TPSA) is 59.1 Å². The van der Waals surface area contributed by atoms with Gasteiger partial charge >= 0.3 is 0 Å². The minimum absolute atomic E-state index is 0.192. The molecule has 0 amide bonds. The summed E-state index contributed by atoms with van der Waals surface area (Å²) < 4.78 is 29.4. The summed E-state index contributed by atoms with van der Waals surface area (Å²) in [5.74, 6) is 0. The first kappa shape index (κ1) is 19.1. The molecular weight excluding hydrogens is 480 g/mol. The Hall–Kier alpha value is -1.70. The number of hydrogen-bond acceptors (Lipinski definition) is 3. The quantitative estimate of drug-likeness (QED) is 0.505. The maximum Gasteiger partial charge on any atom is 0.261 e.